The molecule has 0 fully saturated rings. The zero-order chi connectivity index (χ0) is 13.7. The van der Waals surface area contributed by atoms with Crippen LogP contribution in [0, 0.1) is 0 Å². The van der Waals surface area contributed by atoms with Gasteiger partial charge in [0.15, 0.2) is 5.76 Å². The molecule has 1 aromatic heterocycles. The minimum Gasteiger partial charge on any atom is -0.492 e. The lowest BCUT2D eigenvalue weighted by Crippen LogP contribution is -2.42. The lowest BCUT2D eigenvalue weighted by atomic mass is 10.4. The van der Waals surface area contributed by atoms with Crippen LogP contribution in [-0.4, -0.2) is 25.0 Å². The summed E-state index contributed by atoms with van der Waals surface area (Å²) in [6.07, 6.45) is 2.38. The van der Waals surface area contributed by atoms with E-state index in [1.165, 1.54) is 11.3 Å². The van der Waals surface area contributed by atoms with Gasteiger partial charge < -0.3 is 9.47 Å². The summed E-state index contributed by atoms with van der Waals surface area (Å²) in [6, 6.07) is 1.72. The highest BCUT2D eigenvalue weighted by molar-refractivity contribution is 7.12. The molecule has 7 heteroatoms. The predicted octanol–water partition coefficient (Wildman–Crippen LogP) is 1.21. The van der Waals surface area contributed by atoms with Gasteiger partial charge in [-0.05, 0) is 24.4 Å². The third-order valence-electron chi connectivity index (χ3n) is 2.35. The van der Waals surface area contributed by atoms with Crippen LogP contribution in [0.25, 0.3) is 0 Å². The zero-order valence-corrected chi connectivity index (χ0v) is 11.2. The van der Waals surface area contributed by atoms with Crippen LogP contribution >= 0.6 is 11.3 Å². The molecule has 6 nitrogen and oxygen atoms in total. The topological polar surface area (TPSA) is 76.7 Å². The van der Waals surface area contributed by atoms with Gasteiger partial charge in [0.1, 0.15) is 10.6 Å². The number of carbonyl (C=O) groups excluding carboxylic acids is 2. The molecule has 0 spiro atoms. The van der Waals surface area contributed by atoms with Crippen LogP contribution in [0.5, 0.6) is 5.75 Å². The fourth-order valence-corrected chi connectivity index (χ4v) is 2.27. The van der Waals surface area contributed by atoms with E-state index in [0.717, 1.165) is 0 Å². The first-order chi connectivity index (χ1) is 9.22. The highest BCUT2D eigenvalue weighted by atomic mass is 32.1. The molecule has 102 valence electrons. The minimum atomic E-state index is -0.458. The molecule has 0 bridgehead atoms. The molecule has 1 aromatic rings. The largest absolute Gasteiger partial charge is 0.492 e. The second-order valence-corrected chi connectivity index (χ2v) is 4.58. The minimum absolute atomic E-state index is 0.233. The van der Waals surface area contributed by atoms with Crippen molar-refractivity contribution in [3.05, 3.63) is 28.2 Å². The fraction of sp³-hybridized carbons (Fsp3) is 0.333. The summed E-state index contributed by atoms with van der Waals surface area (Å²) < 4.78 is 10.4. The van der Waals surface area contributed by atoms with E-state index in [9.17, 15) is 9.59 Å². The Morgan fingerprint density at radius 1 is 1.42 bits per heavy atom. The second-order valence-electron chi connectivity index (χ2n) is 3.66. The van der Waals surface area contributed by atoms with Crippen molar-refractivity contribution in [1.82, 2.24) is 10.9 Å². The lowest BCUT2D eigenvalue weighted by molar-refractivity contribution is -0.121. The van der Waals surface area contributed by atoms with E-state index < -0.39 is 11.8 Å². The molecule has 0 aromatic carbocycles. The quantitative estimate of drug-likeness (QED) is 0.814. The van der Waals surface area contributed by atoms with Gasteiger partial charge in [0.05, 0.1) is 13.2 Å². The van der Waals surface area contributed by atoms with Gasteiger partial charge in [-0.2, -0.15) is 0 Å². The molecule has 19 heavy (non-hydrogen) atoms. The average Bonchev–Trinajstić information content (AvgIpc) is 3.06. The lowest BCUT2D eigenvalue weighted by Gasteiger charge is -2.08. The van der Waals surface area contributed by atoms with Gasteiger partial charge in [-0.3, -0.25) is 20.4 Å². The number of hydrogen-bond acceptors (Lipinski definition) is 5. The van der Waals surface area contributed by atoms with Crippen LogP contribution in [0.4, 0.5) is 0 Å². The molecule has 2 rings (SSSR count). The van der Waals surface area contributed by atoms with E-state index in [2.05, 4.69) is 10.9 Å². The normalized spacial score (nSPS) is 13.4. The van der Waals surface area contributed by atoms with E-state index in [1.807, 2.05) is 6.92 Å². The van der Waals surface area contributed by atoms with Crippen molar-refractivity contribution in [2.24, 2.45) is 0 Å². The van der Waals surface area contributed by atoms with Gasteiger partial charge >= 0.3 is 5.91 Å². The first kappa shape index (κ1) is 13.4. The number of nitrogens with one attached hydrogen (secondary N) is 2. The van der Waals surface area contributed by atoms with Crippen LogP contribution in [0.1, 0.15) is 23.0 Å². The van der Waals surface area contributed by atoms with Crippen molar-refractivity contribution in [1.29, 1.82) is 0 Å². The van der Waals surface area contributed by atoms with Gasteiger partial charge in [-0.1, -0.05) is 0 Å². The molecule has 2 heterocycles. The fourth-order valence-electron chi connectivity index (χ4n) is 1.54. The summed E-state index contributed by atoms with van der Waals surface area (Å²) >= 11 is 1.25. The average molecular weight is 282 g/mol. The van der Waals surface area contributed by atoms with Crippen molar-refractivity contribution >= 4 is 23.2 Å². The SMILES string of the molecule is CCOc1ccsc1C(=O)NNC(=O)C1=CCCO1. The number of thiophene rings is 1. The number of rotatable bonds is 4. The summed E-state index contributed by atoms with van der Waals surface area (Å²) in [5, 5.41) is 1.75. The van der Waals surface area contributed by atoms with Crippen LogP contribution in [0.3, 0.4) is 0 Å². The van der Waals surface area contributed by atoms with Crippen LogP contribution in [0.15, 0.2) is 23.3 Å². The van der Waals surface area contributed by atoms with Crippen molar-refractivity contribution in [2.75, 3.05) is 13.2 Å². The van der Waals surface area contributed by atoms with Gasteiger partial charge in [-0.15, -0.1) is 11.3 Å². The highest BCUT2D eigenvalue weighted by Crippen LogP contribution is 2.24. The molecule has 0 aliphatic carbocycles. The van der Waals surface area contributed by atoms with E-state index in [0.29, 0.717) is 30.3 Å². The number of carbonyl (C=O) groups is 2. The molecule has 0 radical (unpaired) electrons. The molecule has 2 amide bonds. The van der Waals surface area contributed by atoms with Crippen LogP contribution < -0.4 is 15.6 Å². The van der Waals surface area contributed by atoms with Crippen LogP contribution in [0.2, 0.25) is 0 Å². The van der Waals surface area contributed by atoms with E-state index in [-0.39, 0.29) is 5.76 Å². The van der Waals surface area contributed by atoms with Gasteiger partial charge in [0.2, 0.25) is 0 Å². The Balaban J connectivity index is 1.90. The van der Waals surface area contributed by atoms with E-state index >= 15 is 0 Å². The van der Waals surface area contributed by atoms with Crippen LogP contribution in [-0.2, 0) is 9.53 Å². The number of hydrogen-bond donors (Lipinski definition) is 2. The Bertz CT molecular complexity index is 510. The smallest absolute Gasteiger partial charge is 0.304 e. The first-order valence-electron chi connectivity index (χ1n) is 5.86. The maximum Gasteiger partial charge on any atom is 0.304 e. The maximum absolute atomic E-state index is 11.9. The predicted molar refractivity (Wildman–Crippen MR) is 69.7 cm³/mol. The molecule has 1 aliphatic rings. The first-order valence-corrected chi connectivity index (χ1v) is 6.74. The van der Waals surface area contributed by atoms with Gasteiger partial charge in [0, 0.05) is 6.42 Å². The van der Waals surface area contributed by atoms with Crippen molar-refractivity contribution < 1.29 is 19.1 Å². The third-order valence-corrected chi connectivity index (χ3v) is 3.25. The maximum atomic E-state index is 11.9. The van der Waals surface area contributed by atoms with E-state index in [4.69, 9.17) is 9.47 Å². The second kappa shape index (κ2) is 6.24. The molecular formula is C12H14N2O4S. The van der Waals surface area contributed by atoms with Crippen molar-refractivity contribution in [2.45, 2.75) is 13.3 Å². The molecule has 0 unspecified atom stereocenters. The van der Waals surface area contributed by atoms with Crippen molar-refractivity contribution in [3.63, 3.8) is 0 Å². The monoisotopic (exact) mass is 282 g/mol. The Hall–Kier alpha value is -2.02. The molecular weight excluding hydrogens is 268 g/mol. The molecule has 0 saturated carbocycles. The molecule has 0 saturated heterocycles. The van der Waals surface area contributed by atoms with Crippen molar-refractivity contribution in [3.8, 4) is 5.75 Å². The third kappa shape index (κ3) is 3.25. The summed E-state index contributed by atoms with van der Waals surface area (Å²) in [5.41, 5.74) is 4.63. The number of ether oxygens (including phenoxy) is 2. The molecule has 1 aliphatic heterocycles. The summed E-state index contributed by atoms with van der Waals surface area (Å²) in [5.74, 6) is -0.127. The Labute approximate surface area is 114 Å². The Morgan fingerprint density at radius 3 is 2.89 bits per heavy atom. The van der Waals surface area contributed by atoms with Gasteiger partial charge in [-0.25, -0.2) is 0 Å². The standard InChI is InChI=1S/C12H14N2O4S/c1-2-17-8-5-7-19-10(8)12(16)14-13-11(15)9-4-3-6-18-9/h4-5,7H,2-3,6H2,1H3,(H,13,15)(H,14,16). The summed E-state index contributed by atoms with van der Waals surface area (Å²) in [6.45, 7) is 2.81. The zero-order valence-electron chi connectivity index (χ0n) is 10.4. The summed E-state index contributed by atoms with van der Waals surface area (Å²) in [7, 11) is 0. The molecule has 2 N–H and O–H groups in total. The molecule has 0 atom stereocenters. The number of hydrazine groups is 1. The van der Waals surface area contributed by atoms with E-state index in [1.54, 1.807) is 17.5 Å². The summed E-state index contributed by atoms with van der Waals surface area (Å²) in [4.78, 5) is 23.9. The Morgan fingerprint density at radius 2 is 2.21 bits per heavy atom. The number of amides is 2. The van der Waals surface area contributed by atoms with Gasteiger partial charge in [0.25, 0.3) is 5.91 Å². The Kier molecular flexibility index (Phi) is 4.40. The highest BCUT2D eigenvalue weighted by Gasteiger charge is 2.18.